The predicted octanol–water partition coefficient (Wildman–Crippen LogP) is 1.47. The van der Waals surface area contributed by atoms with Gasteiger partial charge < -0.3 is 19.6 Å². The molecule has 1 aromatic rings. The molecule has 4 heteroatoms. The van der Waals surface area contributed by atoms with Gasteiger partial charge in [-0.2, -0.15) is 0 Å². The Hall–Kier alpha value is -1.10. The average molecular weight is 266 g/mol. The Balaban J connectivity index is 2.80. The number of rotatable bonds is 7. The molecule has 0 aliphatic heterocycles. The summed E-state index contributed by atoms with van der Waals surface area (Å²) in [6, 6.07) is 7.64. The fraction of sp³-hybridized carbons (Fsp3) is 0.600. The lowest BCUT2D eigenvalue weighted by molar-refractivity contribution is 0.0735. The van der Waals surface area contributed by atoms with Crippen molar-refractivity contribution in [3.63, 3.8) is 0 Å². The van der Waals surface area contributed by atoms with Crippen molar-refractivity contribution in [1.29, 1.82) is 0 Å². The Morgan fingerprint density at radius 2 is 1.47 bits per heavy atom. The molecule has 0 aliphatic carbocycles. The van der Waals surface area contributed by atoms with Gasteiger partial charge in [0.05, 0.1) is 13.2 Å². The molecule has 1 N–H and O–H groups in total. The van der Waals surface area contributed by atoms with Crippen molar-refractivity contribution in [2.45, 2.75) is 6.10 Å². The van der Waals surface area contributed by atoms with E-state index in [0.29, 0.717) is 0 Å². The van der Waals surface area contributed by atoms with Gasteiger partial charge in [-0.3, -0.25) is 0 Å². The fourth-order valence-corrected chi connectivity index (χ4v) is 2.27. The topological polar surface area (TPSA) is 35.9 Å². The molecule has 0 saturated carbocycles. The number of methoxy groups -OCH3 is 1. The standard InChI is InChI=1S/C15H26N2O2/c1-16(2)10-13(11-17(3)4)15(18)12-6-8-14(19-5)9-7-12/h6-9,13,15,18H,10-11H2,1-5H3/t15-/m1/s1. The molecule has 1 atom stereocenters. The molecule has 0 radical (unpaired) electrons. The van der Waals surface area contributed by atoms with E-state index in [-0.39, 0.29) is 5.92 Å². The minimum atomic E-state index is -0.462. The summed E-state index contributed by atoms with van der Waals surface area (Å²) in [5.74, 6) is 0.992. The van der Waals surface area contributed by atoms with Crippen LogP contribution in [0.15, 0.2) is 24.3 Å². The number of hydrogen-bond acceptors (Lipinski definition) is 4. The van der Waals surface area contributed by atoms with Gasteiger partial charge >= 0.3 is 0 Å². The minimum Gasteiger partial charge on any atom is -0.497 e. The second kappa shape index (κ2) is 7.48. The van der Waals surface area contributed by atoms with Crippen molar-refractivity contribution in [2.75, 3.05) is 48.4 Å². The van der Waals surface area contributed by atoms with Crippen molar-refractivity contribution in [1.82, 2.24) is 9.80 Å². The maximum atomic E-state index is 10.5. The van der Waals surface area contributed by atoms with E-state index in [1.807, 2.05) is 52.5 Å². The van der Waals surface area contributed by atoms with Crippen LogP contribution in [0.5, 0.6) is 5.75 Å². The molecule has 0 fully saturated rings. The molecule has 0 aliphatic rings. The second-order valence-electron chi connectivity index (χ2n) is 5.50. The van der Waals surface area contributed by atoms with Gasteiger partial charge in [0.1, 0.15) is 5.75 Å². The number of benzene rings is 1. The zero-order valence-electron chi connectivity index (χ0n) is 12.6. The highest BCUT2D eigenvalue weighted by Gasteiger charge is 2.22. The van der Waals surface area contributed by atoms with E-state index in [1.165, 1.54) is 0 Å². The lowest BCUT2D eigenvalue weighted by Gasteiger charge is -2.28. The van der Waals surface area contributed by atoms with Crippen molar-refractivity contribution in [2.24, 2.45) is 5.92 Å². The van der Waals surface area contributed by atoms with Crippen LogP contribution in [0.1, 0.15) is 11.7 Å². The van der Waals surface area contributed by atoms with Gasteiger partial charge in [0.25, 0.3) is 0 Å². The van der Waals surface area contributed by atoms with Gasteiger partial charge in [0, 0.05) is 19.0 Å². The lowest BCUT2D eigenvalue weighted by atomic mass is 9.94. The molecular formula is C15H26N2O2. The normalized spacial score (nSPS) is 13.3. The van der Waals surface area contributed by atoms with E-state index in [1.54, 1.807) is 7.11 Å². The van der Waals surface area contributed by atoms with Gasteiger partial charge in [-0.25, -0.2) is 0 Å². The SMILES string of the molecule is COc1ccc([C@@H](O)C(CN(C)C)CN(C)C)cc1. The smallest absolute Gasteiger partial charge is 0.118 e. The zero-order valence-corrected chi connectivity index (χ0v) is 12.6. The van der Waals surface area contributed by atoms with Crippen molar-refractivity contribution in [3.8, 4) is 5.75 Å². The summed E-state index contributed by atoms with van der Waals surface area (Å²) >= 11 is 0. The fourth-order valence-electron chi connectivity index (χ4n) is 2.27. The monoisotopic (exact) mass is 266 g/mol. The van der Waals surface area contributed by atoms with Crippen molar-refractivity contribution in [3.05, 3.63) is 29.8 Å². The number of ether oxygens (including phenoxy) is 1. The second-order valence-corrected chi connectivity index (χ2v) is 5.50. The molecule has 0 unspecified atom stereocenters. The zero-order chi connectivity index (χ0) is 14.4. The number of aliphatic hydroxyl groups is 1. The largest absolute Gasteiger partial charge is 0.497 e. The van der Waals surface area contributed by atoms with E-state index in [9.17, 15) is 5.11 Å². The summed E-state index contributed by atoms with van der Waals surface area (Å²) in [6.07, 6.45) is -0.462. The molecule has 1 aromatic carbocycles. The van der Waals surface area contributed by atoms with E-state index < -0.39 is 6.10 Å². The summed E-state index contributed by atoms with van der Waals surface area (Å²) in [4.78, 5) is 4.22. The molecule has 19 heavy (non-hydrogen) atoms. The summed E-state index contributed by atoms with van der Waals surface area (Å²) < 4.78 is 5.14. The molecule has 108 valence electrons. The molecule has 0 saturated heterocycles. The third-order valence-corrected chi connectivity index (χ3v) is 3.10. The van der Waals surface area contributed by atoms with Crippen LogP contribution in [0.4, 0.5) is 0 Å². The van der Waals surface area contributed by atoms with Crippen LogP contribution in [0.3, 0.4) is 0 Å². The highest BCUT2D eigenvalue weighted by Crippen LogP contribution is 2.25. The van der Waals surface area contributed by atoms with Gasteiger partial charge in [-0.05, 0) is 45.9 Å². The van der Waals surface area contributed by atoms with E-state index in [4.69, 9.17) is 4.74 Å². The first-order valence-corrected chi connectivity index (χ1v) is 6.55. The minimum absolute atomic E-state index is 0.179. The molecular weight excluding hydrogens is 240 g/mol. The molecule has 0 aromatic heterocycles. The number of hydrogen-bond donors (Lipinski definition) is 1. The third kappa shape index (κ3) is 5.19. The molecule has 0 amide bonds. The molecule has 0 spiro atoms. The van der Waals surface area contributed by atoms with Crippen LogP contribution in [0, 0.1) is 5.92 Å². The van der Waals surface area contributed by atoms with E-state index in [2.05, 4.69) is 9.80 Å². The first-order chi connectivity index (χ1) is 8.93. The predicted molar refractivity (Wildman–Crippen MR) is 78.6 cm³/mol. The maximum Gasteiger partial charge on any atom is 0.118 e. The summed E-state index contributed by atoms with van der Waals surface area (Å²) in [6.45, 7) is 1.71. The maximum absolute atomic E-state index is 10.5. The van der Waals surface area contributed by atoms with Crippen LogP contribution in [-0.2, 0) is 0 Å². The van der Waals surface area contributed by atoms with Gasteiger partial charge in [0.2, 0.25) is 0 Å². The summed E-state index contributed by atoms with van der Waals surface area (Å²) in [5, 5.41) is 10.5. The average Bonchev–Trinajstić information content (AvgIpc) is 2.36. The van der Waals surface area contributed by atoms with Crippen molar-refractivity contribution >= 4 is 0 Å². The summed E-state index contributed by atoms with van der Waals surface area (Å²) in [7, 11) is 9.77. The first-order valence-electron chi connectivity index (χ1n) is 6.55. The van der Waals surface area contributed by atoms with Gasteiger partial charge in [-0.15, -0.1) is 0 Å². The van der Waals surface area contributed by atoms with Gasteiger partial charge in [-0.1, -0.05) is 12.1 Å². The van der Waals surface area contributed by atoms with Gasteiger partial charge in [0.15, 0.2) is 0 Å². The number of nitrogens with zero attached hydrogens (tertiary/aromatic N) is 2. The molecule has 4 nitrogen and oxygen atoms in total. The molecule has 1 rings (SSSR count). The lowest BCUT2D eigenvalue weighted by Crippen LogP contribution is -2.34. The van der Waals surface area contributed by atoms with Crippen LogP contribution in [0.25, 0.3) is 0 Å². The van der Waals surface area contributed by atoms with Crippen LogP contribution >= 0.6 is 0 Å². The van der Waals surface area contributed by atoms with E-state index in [0.717, 1.165) is 24.4 Å². The third-order valence-electron chi connectivity index (χ3n) is 3.10. The number of aliphatic hydroxyl groups excluding tert-OH is 1. The molecule has 0 bridgehead atoms. The Morgan fingerprint density at radius 1 is 1.00 bits per heavy atom. The van der Waals surface area contributed by atoms with Crippen molar-refractivity contribution < 1.29 is 9.84 Å². The van der Waals surface area contributed by atoms with Crippen LogP contribution in [-0.4, -0.2) is 63.3 Å². The highest BCUT2D eigenvalue weighted by molar-refractivity contribution is 5.28. The summed E-state index contributed by atoms with van der Waals surface area (Å²) in [5.41, 5.74) is 0.939. The Morgan fingerprint density at radius 3 is 1.84 bits per heavy atom. The quantitative estimate of drug-likeness (QED) is 0.811. The Labute approximate surface area is 116 Å². The Kier molecular flexibility index (Phi) is 6.28. The Bertz CT molecular complexity index is 353. The first kappa shape index (κ1) is 16.0. The van der Waals surface area contributed by atoms with Crippen LogP contribution < -0.4 is 4.74 Å². The van der Waals surface area contributed by atoms with E-state index >= 15 is 0 Å². The van der Waals surface area contributed by atoms with Crippen LogP contribution in [0.2, 0.25) is 0 Å². The molecule has 0 heterocycles. The highest BCUT2D eigenvalue weighted by atomic mass is 16.5.